The molecular formula is C19H23N3O6S. The Hall–Kier alpha value is -2.75. The van der Waals surface area contributed by atoms with Gasteiger partial charge in [-0.3, -0.25) is 9.59 Å². The SMILES string of the molecule is CCOC(=O)c1c(NC(=O)COC(=O)C2=NNC(=O)CC2)sc2c1CC[C@@H](C)C2. The summed E-state index contributed by atoms with van der Waals surface area (Å²) >= 11 is 1.37. The molecule has 0 aromatic carbocycles. The number of nitrogens with one attached hydrogen (secondary N) is 2. The predicted molar refractivity (Wildman–Crippen MR) is 106 cm³/mol. The van der Waals surface area contributed by atoms with Gasteiger partial charge in [0.05, 0.1) is 12.2 Å². The molecule has 2 heterocycles. The highest BCUT2D eigenvalue weighted by molar-refractivity contribution is 7.17. The summed E-state index contributed by atoms with van der Waals surface area (Å²) in [6.45, 7) is 3.60. The first kappa shape index (κ1) is 21.0. The van der Waals surface area contributed by atoms with Gasteiger partial charge in [0.15, 0.2) is 6.61 Å². The second-order valence-electron chi connectivity index (χ2n) is 6.99. The molecule has 2 aliphatic rings. The number of esters is 2. The standard InChI is InChI=1S/C19H23N3O6S/c1-3-27-19(26)16-11-5-4-10(2)8-13(11)29-17(16)20-15(24)9-28-18(25)12-6-7-14(23)22-21-12/h10H,3-9H2,1-2H3,(H,20,24)(H,22,23)/t10-/m1/s1. The molecule has 0 unspecified atom stereocenters. The quantitative estimate of drug-likeness (QED) is 0.675. The average molecular weight is 421 g/mol. The largest absolute Gasteiger partial charge is 0.462 e. The summed E-state index contributed by atoms with van der Waals surface area (Å²) in [5.41, 5.74) is 3.60. The highest BCUT2D eigenvalue weighted by atomic mass is 32.1. The number of nitrogens with zero attached hydrogens (tertiary/aromatic N) is 1. The van der Waals surface area contributed by atoms with Crippen molar-refractivity contribution in [1.29, 1.82) is 0 Å². The van der Waals surface area contributed by atoms with Gasteiger partial charge < -0.3 is 14.8 Å². The van der Waals surface area contributed by atoms with Crippen molar-refractivity contribution in [1.82, 2.24) is 5.43 Å². The van der Waals surface area contributed by atoms with Crippen LogP contribution in [-0.2, 0) is 36.7 Å². The molecule has 10 heteroatoms. The third-order valence-electron chi connectivity index (χ3n) is 4.72. The minimum absolute atomic E-state index is 0.0604. The lowest BCUT2D eigenvalue weighted by atomic mass is 9.88. The number of carbonyl (C=O) groups is 4. The second-order valence-corrected chi connectivity index (χ2v) is 8.10. The fourth-order valence-electron chi connectivity index (χ4n) is 3.26. The summed E-state index contributed by atoms with van der Waals surface area (Å²) in [5, 5.41) is 6.73. The number of hydrogen-bond acceptors (Lipinski definition) is 8. The first-order valence-electron chi connectivity index (χ1n) is 9.53. The number of ether oxygens (including phenoxy) is 2. The van der Waals surface area contributed by atoms with E-state index >= 15 is 0 Å². The second kappa shape index (κ2) is 9.17. The summed E-state index contributed by atoms with van der Waals surface area (Å²) in [5.74, 6) is -1.54. The van der Waals surface area contributed by atoms with Crippen LogP contribution in [0, 0.1) is 5.92 Å². The lowest BCUT2D eigenvalue weighted by molar-refractivity contribution is -0.140. The monoisotopic (exact) mass is 421 g/mol. The van der Waals surface area contributed by atoms with Gasteiger partial charge in [0.25, 0.3) is 5.91 Å². The Balaban J connectivity index is 1.67. The van der Waals surface area contributed by atoms with E-state index < -0.39 is 24.5 Å². The number of anilines is 1. The summed E-state index contributed by atoms with van der Waals surface area (Å²) in [6.07, 6.45) is 2.89. The molecule has 1 aromatic heterocycles. The van der Waals surface area contributed by atoms with Crippen LogP contribution in [0.1, 0.15) is 53.9 Å². The molecule has 0 fully saturated rings. The van der Waals surface area contributed by atoms with E-state index in [1.807, 2.05) is 0 Å². The third kappa shape index (κ3) is 5.00. The Labute approximate surface area is 171 Å². The number of hydrazone groups is 1. The minimum atomic E-state index is -0.759. The van der Waals surface area contributed by atoms with E-state index in [1.165, 1.54) is 11.3 Å². The molecular weight excluding hydrogens is 398 g/mol. The molecule has 29 heavy (non-hydrogen) atoms. The molecule has 1 atom stereocenters. The first-order chi connectivity index (χ1) is 13.9. The van der Waals surface area contributed by atoms with Crippen molar-refractivity contribution >= 4 is 45.8 Å². The van der Waals surface area contributed by atoms with Gasteiger partial charge in [-0.25, -0.2) is 15.0 Å². The van der Waals surface area contributed by atoms with Crippen molar-refractivity contribution in [2.75, 3.05) is 18.5 Å². The number of amides is 2. The maximum Gasteiger partial charge on any atom is 0.355 e. The van der Waals surface area contributed by atoms with Gasteiger partial charge in [-0.15, -0.1) is 11.3 Å². The maximum atomic E-state index is 12.5. The molecule has 0 bridgehead atoms. The van der Waals surface area contributed by atoms with Gasteiger partial charge >= 0.3 is 11.9 Å². The van der Waals surface area contributed by atoms with Crippen LogP contribution in [0.15, 0.2) is 5.10 Å². The van der Waals surface area contributed by atoms with Crippen LogP contribution in [0.5, 0.6) is 0 Å². The number of thiophene rings is 1. The molecule has 0 saturated heterocycles. The van der Waals surface area contributed by atoms with Gasteiger partial charge in [0.1, 0.15) is 10.7 Å². The number of hydrogen-bond donors (Lipinski definition) is 2. The fraction of sp³-hybridized carbons (Fsp3) is 0.526. The Bertz CT molecular complexity index is 876. The highest BCUT2D eigenvalue weighted by Gasteiger charge is 2.29. The minimum Gasteiger partial charge on any atom is -0.462 e. The Kier molecular flexibility index (Phi) is 6.63. The normalized spacial score (nSPS) is 18.2. The van der Waals surface area contributed by atoms with Crippen molar-refractivity contribution < 1.29 is 28.7 Å². The summed E-state index contributed by atoms with van der Waals surface area (Å²) < 4.78 is 10.1. The predicted octanol–water partition coefficient (Wildman–Crippen LogP) is 1.80. The molecule has 1 aliphatic heterocycles. The Morgan fingerprint density at radius 1 is 1.21 bits per heavy atom. The van der Waals surface area contributed by atoms with Gasteiger partial charge in [-0.2, -0.15) is 5.10 Å². The zero-order valence-electron chi connectivity index (χ0n) is 16.3. The third-order valence-corrected chi connectivity index (χ3v) is 5.89. The van der Waals surface area contributed by atoms with Crippen molar-refractivity contribution in [2.24, 2.45) is 11.0 Å². The van der Waals surface area contributed by atoms with Gasteiger partial charge in [0.2, 0.25) is 5.91 Å². The fourth-order valence-corrected chi connectivity index (χ4v) is 4.67. The summed E-state index contributed by atoms with van der Waals surface area (Å²) in [7, 11) is 0. The molecule has 0 saturated carbocycles. The van der Waals surface area contributed by atoms with Crippen LogP contribution in [0.3, 0.4) is 0 Å². The molecule has 3 rings (SSSR count). The van der Waals surface area contributed by atoms with Crippen LogP contribution >= 0.6 is 11.3 Å². The molecule has 1 aliphatic carbocycles. The van der Waals surface area contributed by atoms with Gasteiger partial charge in [0, 0.05) is 17.7 Å². The topological polar surface area (TPSA) is 123 Å². The van der Waals surface area contributed by atoms with Crippen LogP contribution < -0.4 is 10.7 Å². The first-order valence-corrected chi connectivity index (χ1v) is 10.3. The van der Waals surface area contributed by atoms with E-state index in [0.29, 0.717) is 16.5 Å². The zero-order valence-corrected chi connectivity index (χ0v) is 17.1. The number of fused-ring (bicyclic) bond motifs is 1. The van der Waals surface area contributed by atoms with E-state index in [4.69, 9.17) is 9.47 Å². The van der Waals surface area contributed by atoms with E-state index in [0.717, 1.165) is 29.7 Å². The maximum absolute atomic E-state index is 12.5. The lowest BCUT2D eigenvalue weighted by Gasteiger charge is -2.18. The highest BCUT2D eigenvalue weighted by Crippen LogP contribution is 2.40. The Morgan fingerprint density at radius 3 is 2.69 bits per heavy atom. The molecule has 2 N–H and O–H groups in total. The average Bonchev–Trinajstić information content (AvgIpc) is 3.03. The van der Waals surface area contributed by atoms with Crippen LogP contribution in [0.25, 0.3) is 0 Å². The zero-order chi connectivity index (χ0) is 21.0. The van der Waals surface area contributed by atoms with Gasteiger partial charge in [-0.05, 0) is 37.7 Å². The van der Waals surface area contributed by atoms with Crippen LogP contribution in [0.2, 0.25) is 0 Å². The van der Waals surface area contributed by atoms with Gasteiger partial charge in [-0.1, -0.05) is 6.92 Å². The summed E-state index contributed by atoms with van der Waals surface area (Å²) in [6, 6.07) is 0. The van der Waals surface area contributed by atoms with Crippen molar-refractivity contribution in [3.8, 4) is 0 Å². The smallest absolute Gasteiger partial charge is 0.355 e. The lowest BCUT2D eigenvalue weighted by Crippen LogP contribution is -2.32. The molecule has 0 radical (unpaired) electrons. The van der Waals surface area contributed by atoms with Crippen molar-refractivity contribution in [3.63, 3.8) is 0 Å². The number of rotatable bonds is 6. The molecule has 0 spiro atoms. The van der Waals surface area contributed by atoms with E-state index in [2.05, 4.69) is 22.8 Å². The molecule has 2 amide bonds. The molecule has 1 aromatic rings. The summed E-state index contributed by atoms with van der Waals surface area (Å²) in [4.78, 5) is 48.9. The van der Waals surface area contributed by atoms with E-state index in [-0.39, 0.29) is 31.1 Å². The van der Waals surface area contributed by atoms with Crippen molar-refractivity contribution in [2.45, 2.75) is 46.0 Å². The van der Waals surface area contributed by atoms with Crippen LogP contribution in [-0.4, -0.2) is 42.7 Å². The van der Waals surface area contributed by atoms with E-state index in [9.17, 15) is 19.2 Å². The number of carbonyl (C=O) groups excluding carboxylic acids is 4. The molecule has 156 valence electrons. The van der Waals surface area contributed by atoms with E-state index in [1.54, 1.807) is 6.92 Å². The Morgan fingerprint density at radius 2 is 2.00 bits per heavy atom. The van der Waals surface area contributed by atoms with Crippen LogP contribution in [0.4, 0.5) is 5.00 Å². The molecule has 9 nitrogen and oxygen atoms in total. The van der Waals surface area contributed by atoms with Crippen molar-refractivity contribution in [3.05, 3.63) is 16.0 Å².